The van der Waals surface area contributed by atoms with Gasteiger partial charge in [0.25, 0.3) is 5.91 Å². The number of carbonyl (C=O) groups excluding carboxylic acids is 1. The molecule has 0 aromatic carbocycles. The lowest BCUT2D eigenvalue weighted by Crippen LogP contribution is -2.28. The molecule has 30 heavy (non-hydrogen) atoms. The van der Waals surface area contributed by atoms with Crippen molar-refractivity contribution in [2.24, 2.45) is 0 Å². The van der Waals surface area contributed by atoms with Crippen LogP contribution < -0.4 is 0 Å². The van der Waals surface area contributed by atoms with Gasteiger partial charge in [-0.05, 0) is 24.8 Å². The molecule has 1 atom stereocenters. The van der Waals surface area contributed by atoms with Gasteiger partial charge in [-0.25, -0.2) is 9.50 Å². The molecular weight excluding hydrogens is 399 g/mol. The van der Waals surface area contributed by atoms with Crippen LogP contribution in [-0.2, 0) is 12.6 Å². The number of hydrogen-bond acceptors (Lipinski definition) is 5. The lowest BCUT2D eigenvalue weighted by Gasteiger charge is -2.13. The zero-order chi connectivity index (χ0) is 21.6. The Morgan fingerprint density at radius 3 is 2.70 bits per heavy atom. The van der Waals surface area contributed by atoms with E-state index in [1.54, 1.807) is 30.9 Å². The molecule has 3 aromatic heterocycles. The highest BCUT2D eigenvalue weighted by Crippen LogP contribution is 2.33. The topological polar surface area (TPSA) is 76.5 Å². The van der Waals surface area contributed by atoms with Crippen molar-refractivity contribution < 1.29 is 22.5 Å². The van der Waals surface area contributed by atoms with Crippen molar-refractivity contribution >= 4 is 11.6 Å². The van der Waals surface area contributed by atoms with Crippen LogP contribution in [-0.4, -0.2) is 43.7 Å². The maximum atomic E-state index is 13.6. The number of carbonyl (C=O) groups is 1. The predicted octanol–water partition coefficient (Wildman–Crippen LogP) is 4.05. The minimum absolute atomic E-state index is 0.149. The molecule has 0 aliphatic carbocycles. The first kappa shape index (κ1) is 20.4. The van der Waals surface area contributed by atoms with Crippen LogP contribution in [0.25, 0.3) is 5.65 Å². The molecule has 160 valence electrons. The van der Waals surface area contributed by atoms with Crippen molar-refractivity contribution in [2.75, 3.05) is 13.1 Å². The van der Waals surface area contributed by atoms with Gasteiger partial charge in [0.1, 0.15) is 5.69 Å². The fourth-order valence-corrected chi connectivity index (χ4v) is 3.63. The van der Waals surface area contributed by atoms with Gasteiger partial charge in [0.05, 0.1) is 11.4 Å². The van der Waals surface area contributed by atoms with E-state index in [0.29, 0.717) is 43.0 Å². The second kappa shape index (κ2) is 7.41. The van der Waals surface area contributed by atoms with Gasteiger partial charge < -0.3 is 9.42 Å². The average Bonchev–Trinajstić information content (AvgIpc) is 3.43. The Hall–Kier alpha value is -2.91. The van der Waals surface area contributed by atoms with Crippen LogP contribution >= 0.6 is 0 Å². The summed E-state index contributed by atoms with van der Waals surface area (Å²) in [6, 6.07) is 4.26. The summed E-state index contributed by atoms with van der Waals surface area (Å²) in [6.45, 7) is 6.32. The first-order chi connectivity index (χ1) is 14.2. The second-order valence-corrected chi connectivity index (χ2v) is 7.83. The van der Waals surface area contributed by atoms with Gasteiger partial charge in [0, 0.05) is 36.8 Å². The fraction of sp³-hybridized carbons (Fsp3) is 0.500. The van der Waals surface area contributed by atoms with Crippen LogP contribution in [0.5, 0.6) is 0 Å². The van der Waals surface area contributed by atoms with Crippen molar-refractivity contribution in [3.63, 3.8) is 0 Å². The van der Waals surface area contributed by atoms with Crippen LogP contribution in [0, 0.1) is 0 Å². The quantitative estimate of drug-likeness (QED) is 0.635. The van der Waals surface area contributed by atoms with E-state index in [1.165, 1.54) is 0 Å². The van der Waals surface area contributed by atoms with Crippen LogP contribution in [0.4, 0.5) is 13.2 Å². The SMILES string of the molecule is CCc1cc(C(=O)N2CC[C@@H](c3cc4nc(C(C)C)cc(C(F)(F)F)n4n3)C2)on1. The van der Waals surface area contributed by atoms with Crippen molar-refractivity contribution in [1.82, 2.24) is 24.7 Å². The van der Waals surface area contributed by atoms with Crippen LogP contribution in [0.15, 0.2) is 22.7 Å². The second-order valence-electron chi connectivity index (χ2n) is 7.83. The molecule has 3 aromatic rings. The number of hydrogen-bond donors (Lipinski definition) is 0. The van der Waals surface area contributed by atoms with Crippen molar-refractivity contribution in [2.45, 2.75) is 51.6 Å². The lowest BCUT2D eigenvalue weighted by atomic mass is 10.1. The van der Waals surface area contributed by atoms with E-state index >= 15 is 0 Å². The molecule has 10 heteroatoms. The number of fused-ring (bicyclic) bond motifs is 1. The summed E-state index contributed by atoms with van der Waals surface area (Å²) in [5.74, 6) is -0.425. The summed E-state index contributed by atoms with van der Waals surface area (Å²) in [7, 11) is 0. The standard InChI is InChI=1S/C20H22F3N5O2/c1-4-13-7-16(30-26-13)19(29)27-6-5-12(10-27)15-9-18-24-14(11(2)3)8-17(20(21,22)23)28(18)25-15/h7-9,11-12H,4-6,10H2,1-3H3/t12-/m1/s1. The van der Waals surface area contributed by atoms with Crippen LogP contribution in [0.2, 0.25) is 0 Å². The Morgan fingerprint density at radius 1 is 1.30 bits per heavy atom. The molecule has 7 nitrogen and oxygen atoms in total. The summed E-state index contributed by atoms with van der Waals surface area (Å²) >= 11 is 0. The predicted molar refractivity (Wildman–Crippen MR) is 101 cm³/mol. The number of aryl methyl sites for hydroxylation is 1. The Morgan fingerprint density at radius 2 is 2.07 bits per heavy atom. The molecule has 0 radical (unpaired) electrons. The summed E-state index contributed by atoms with van der Waals surface area (Å²) in [4.78, 5) is 18.6. The normalized spacial score (nSPS) is 17.4. The van der Waals surface area contributed by atoms with E-state index in [9.17, 15) is 18.0 Å². The first-order valence-corrected chi connectivity index (χ1v) is 9.90. The highest BCUT2D eigenvalue weighted by molar-refractivity contribution is 5.91. The van der Waals surface area contributed by atoms with E-state index in [4.69, 9.17) is 4.52 Å². The first-order valence-electron chi connectivity index (χ1n) is 9.90. The van der Waals surface area contributed by atoms with Gasteiger partial charge in [-0.1, -0.05) is 25.9 Å². The minimum Gasteiger partial charge on any atom is -0.351 e. The molecule has 1 fully saturated rings. The smallest absolute Gasteiger partial charge is 0.351 e. The number of alkyl halides is 3. The molecule has 1 amide bonds. The average molecular weight is 421 g/mol. The van der Waals surface area contributed by atoms with E-state index in [2.05, 4.69) is 15.2 Å². The molecule has 4 rings (SSSR count). The number of rotatable bonds is 4. The van der Waals surface area contributed by atoms with Gasteiger partial charge in [-0.3, -0.25) is 4.79 Å². The number of likely N-dealkylation sites (tertiary alicyclic amines) is 1. The third kappa shape index (κ3) is 3.66. The monoisotopic (exact) mass is 421 g/mol. The molecule has 0 unspecified atom stereocenters. The molecule has 0 N–H and O–H groups in total. The van der Waals surface area contributed by atoms with Crippen molar-refractivity contribution in [1.29, 1.82) is 0 Å². The zero-order valence-corrected chi connectivity index (χ0v) is 16.9. The zero-order valence-electron chi connectivity index (χ0n) is 16.9. The fourth-order valence-electron chi connectivity index (χ4n) is 3.63. The maximum absolute atomic E-state index is 13.6. The molecule has 0 spiro atoms. The van der Waals surface area contributed by atoms with E-state index < -0.39 is 11.9 Å². The summed E-state index contributed by atoms with van der Waals surface area (Å²) < 4.78 is 46.7. The maximum Gasteiger partial charge on any atom is 0.433 e. The highest BCUT2D eigenvalue weighted by Gasteiger charge is 2.37. The van der Waals surface area contributed by atoms with Gasteiger partial charge in [-0.2, -0.15) is 18.3 Å². The number of amides is 1. The van der Waals surface area contributed by atoms with Gasteiger partial charge in [0.15, 0.2) is 5.65 Å². The van der Waals surface area contributed by atoms with Crippen molar-refractivity contribution in [3.8, 4) is 0 Å². The van der Waals surface area contributed by atoms with Crippen molar-refractivity contribution in [3.05, 3.63) is 46.7 Å². The summed E-state index contributed by atoms with van der Waals surface area (Å²) in [6.07, 6.45) is -3.29. The van der Waals surface area contributed by atoms with E-state index in [0.717, 1.165) is 10.6 Å². The third-order valence-electron chi connectivity index (χ3n) is 5.37. The lowest BCUT2D eigenvalue weighted by molar-refractivity contribution is -0.142. The Balaban J connectivity index is 1.61. The molecule has 1 aliphatic rings. The van der Waals surface area contributed by atoms with E-state index in [1.807, 2.05) is 6.92 Å². The van der Waals surface area contributed by atoms with E-state index in [-0.39, 0.29) is 29.2 Å². The number of aromatic nitrogens is 4. The molecule has 4 heterocycles. The number of nitrogens with zero attached hydrogens (tertiary/aromatic N) is 5. The Bertz CT molecular complexity index is 1090. The van der Waals surface area contributed by atoms with Crippen LogP contribution in [0.3, 0.4) is 0 Å². The highest BCUT2D eigenvalue weighted by atomic mass is 19.4. The summed E-state index contributed by atoms with van der Waals surface area (Å²) in [5.41, 5.74) is 0.872. The van der Waals surface area contributed by atoms with Gasteiger partial charge >= 0.3 is 6.18 Å². The largest absolute Gasteiger partial charge is 0.433 e. The minimum atomic E-state index is -4.55. The van der Waals surface area contributed by atoms with Gasteiger partial charge in [0.2, 0.25) is 5.76 Å². The third-order valence-corrected chi connectivity index (χ3v) is 5.37. The molecule has 1 saturated heterocycles. The Kier molecular flexibility index (Phi) is 5.03. The molecular formula is C20H22F3N5O2. The van der Waals surface area contributed by atoms with Crippen LogP contribution in [0.1, 0.15) is 72.4 Å². The molecule has 0 bridgehead atoms. The Labute approximate surface area is 170 Å². The molecule has 0 saturated carbocycles. The number of halogens is 3. The molecule has 1 aliphatic heterocycles. The summed E-state index contributed by atoms with van der Waals surface area (Å²) in [5, 5.41) is 8.04. The van der Waals surface area contributed by atoms with Gasteiger partial charge in [-0.15, -0.1) is 0 Å².